The van der Waals surface area contributed by atoms with Gasteiger partial charge < -0.3 is 0 Å². The van der Waals surface area contributed by atoms with Gasteiger partial charge in [-0.3, -0.25) is 9.08 Å². The highest BCUT2D eigenvalue weighted by Crippen LogP contribution is 2.21. The average molecular weight is 292 g/mol. The molecule has 0 radical (unpaired) electrons. The van der Waals surface area contributed by atoms with Crippen molar-refractivity contribution in [3.8, 4) is 11.3 Å². The van der Waals surface area contributed by atoms with Gasteiger partial charge in [0.25, 0.3) is 0 Å². The summed E-state index contributed by atoms with van der Waals surface area (Å²) >= 11 is 3.39. The maximum Gasteiger partial charge on any atom is 0.234 e. The Morgan fingerprint density at radius 3 is 2.76 bits per heavy atom. The molecular weight excluding hydrogens is 282 g/mol. The molecule has 0 aliphatic carbocycles. The van der Waals surface area contributed by atoms with E-state index in [1.54, 1.807) is 10.9 Å². The molecule has 0 unspecified atom stereocenters. The molecule has 5 nitrogen and oxygen atoms in total. The minimum Gasteiger partial charge on any atom is -0.289 e. The molecule has 0 N–H and O–H groups in total. The summed E-state index contributed by atoms with van der Waals surface area (Å²) in [6.07, 6.45) is 7.59. The van der Waals surface area contributed by atoms with Crippen LogP contribution in [0.1, 0.15) is 5.69 Å². The third-order valence-electron chi connectivity index (χ3n) is 2.57. The molecule has 3 rings (SSSR count). The monoisotopic (exact) mass is 291 g/mol. The van der Waals surface area contributed by atoms with Crippen molar-refractivity contribution in [2.45, 2.75) is 6.92 Å². The van der Waals surface area contributed by atoms with Crippen molar-refractivity contribution in [2.24, 2.45) is 7.05 Å². The standard InChI is InChI=1S/C11H10BrN5/c1-7-9(5-16(2)15-7)10-6-17-4-8(12)3-13-11(17)14-10/h3-6H,1-2H3. The second-order valence-electron chi connectivity index (χ2n) is 3.91. The Labute approximate surface area is 106 Å². The van der Waals surface area contributed by atoms with Crippen molar-refractivity contribution in [2.75, 3.05) is 0 Å². The van der Waals surface area contributed by atoms with Gasteiger partial charge in [-0.15, -0.1) is 0 Å². The predicted octanol–water partition coefficient (Wildman–Crippen LogP) is 2.20. The van der Waals surface area contributed by atoms with Gasteiger partial charge in [0.1, 0.15) is 0 Å². The van der Waals surface area contributed by atoms with Gasteiger partial charge in [-0.25, -0.2) is 9.97 Å². The highest BCUT2D eigenvalue weighted by atomic mass is 79.9. The summed E-state index contributed by atoms with van der Waals surface area (Å²) in [5, 5.41) is 4.31. The van der Waals surface area contributed by atoms with Gasteiger partial charge in [-0.1, -0.05) is 0 Å². The van der Waals surface area contributed by atoms with Crippen LogP contribution in [0.4, 0.5) is 0 Å². The Morgan fingerprint density at radius 1 is 1.24 bits per heavy atom. The van der Waals surface area contributed by atoms with Gasteiger partial charge in [0.15, 0.2) is 0 Å². The molecule has 0 atom stereocenters. The van der Waals surface area contributed by atoms with Gasteiger partial charge in [0.2, 0.25) is 5.78 Å². The van der Waals surface area contributed by atoms with Crippen molar-refractivity contribution in [1.82, 2.24) is 24.1 Å². The number of nitrogens with zero attached hydrogens (tertiary/aromatic N) is 5. The maximum atomic E-state index is 4.48. The third-order valence-corrected chi connectivity index (χ3v) is 2.98. The summed E-state index contributed by atoms with van der Waals surface area (Å²) in [6, 6.07) is 0. The van der Waals surface area contributed by atoms with Crippen LogP contribution in [-0.4, -0.2) is 24.1 Å². The van der Waals surface area contributed by atoms with Crippen LogP contribution in [0.2, 0.25) is 0 Å². The molecule has 86 valence electrons. The number of fused-ring (bicyclic) bond motifs is 1. The highest BCUT2D eigenvalue weighted by Gasteiger charge is 2.10. The number of hydrogen-bond acceptors (Lipinski definition) is 3. The second-order valence-corrected chi connectivity index (χ2v) is 4.82. The largest absolute Gasteiger partial charge is 0.289 e. The SMILES string of the molecule is Cc1nn(C)cc1-c1cn2cc(Br)cnc2n1. The number of hydrogen-bond donors (Lipinski definition) is 0. The number of aryl methyl sites for hydroxylation is 2. The quantitative estimate of drug-likeness (QED) is 0.691. The van der Waals surface area contributed by atoms with E-state index in [9.17, 15) is 0 Å². The lowest BCUT2D eigenvalue weighted by molar-refractivity contribution is 0.756. The third kappa shape index (κ3) is 1.74. The first-order valence-electron chi connectivity index (χ1n) is 5.14. The van der Waals surface area contributed by atoms with Crippen molar-refractivity contribution < 1.29 is 0 Å². The molecular formula is C11H10BrN5. The fraction of sp³-hybridized carbons (Fsp3) is 0.182. The topological polar surface area (TPSA) is 48.0 Å². The van der Waals surface area contributed by atoms with Crippen molar-refractivity contribution >= 4 is 21.7 Å². The van der Waals surface area contributed by atoms with E-state index in [2.05, 4.69) is 31.0 Å². The van der Waals surface area contributed by atoms with E-state index in [1.165, 1.54) is 0 Å². The van der Waals surface area contributed by atoms with Gasteiger partial charge in [0.05, 0.1) is 15.9 Å². The molecule has 0 spiro atoms. The molecule has 3 aromatic heterocycles. The van der Waals surface area contributed by atoms with Crippen LogP contribution >= 0.6 is 15.9 Å². The highest BCUT2D eigenvalue weighted by molar-refractivity contribution is 9.10. The van der Waals surface area contributed by atoms with E-state index in [0.717, 1.165) is 21.4 Å². The second kappa shape index (κ2) is 3.66. The van der Waals surface area contributed by atoms with Crippen molar-refractivity contribution in [3.05, 3.63) is 35.0 Å². The molecule has 0 aliphatic rings. The van der Waals surface area contributed by atoms with Crippen LogP contribution in [0.15, 0.2) is 29.3 Å². The fourth-order valence-corrected chi connectivity index (χ4v) is 2.16. The number of rotatable bonds is 1. The molecule has 0 aromatic carbocycles. The first kappa shape index (κ1) is 10.5. The molecule has 6 heteroatoms. The summed E-state index contributed by atoms with van der Waals surface area (Å²) in [6.45, 7) is 1.97. The van der Waals surface area contributed by atoms with Crippen LogP contribution in [-0.2, 0) is 7.05 Å². The van der Waals surface area contributed by atoms with E-state index in [1.807, 2.05) is 37.0 Å². The van der Waals surface area contributed by atoms with Crippen LogP contribution in [0.5, 0.6) is 0 Å². The fourth-order valence-electron chi connectivity index (χ4n) is 1.84. The summed E-state index contributed by atoms with van der Waals surface area (Å²) in [7, 11) is 1.90. The molecule has 0 amide bonds. The average Bonchev–Trinajstić information content (AvgIpc) is 2.80. The summed E-state index contributed by atoms with van der Waals surface area (Å²) < 4.78 is 4.61. The molecule has 0 bridgehead atoms. The molecule has 3 heterocycles. The minimum absolute atomic E-state index is 0.687. The van der Waals surface area contributed by atoms with Crippen molar-refractivity contribution in [3.63, 3.8) is 0 Å². The Kier molecular flexibility index (Phi) is 2.25. The van der Waals surface area contributed by atoms with Gasteiger partial charge in [0, 0.05) is 37.4 Å². The van der Waals surface area contributed by atoms with E-state index >= 15 is 0 Å². The minimum atomic E-state index is 0.687. The number of imidazole rings is 1. The Morgan fingerprint density at radius 2 is 2.06 bits per heavy atom. The van der Waals surface area contributed by atoms with Crippen molar-refractivity contribution in [1.29, 1.82) is 0 Å². The van der Waals surface area contributed by atoms with Gasteiger partial charge >= 0.3 is 0 Å². The first-order chi connectivity index (χ1) is 8.13. The van der Waals surface area contributed by atoms with Crippen LogP contribution in [0.3, 0.4) is 0 Å². The lowest BCUT2D eigenvalue weighted by Gasteiger charge is -1.90. The molecule has 0 aliphatic heterocycles. The van der Waals surface area contributed by atoms with E-state index in [0.29, 0.717) is 5.78 Å². The smallest absolute Gasteiger partial charge is 0.234 e. The normalized spacial score (nSPS) is 11.2. The zero-order valence-corrected chi connectivity index (χ0v) is 11.0. The number of halogens is 1. The first-order valence-corrected chi connectivity index (χ1v) is 5.93. The van der Waals surface area contributed by atoms with Crippen LogP contribution < -0.4 is 0 Å². The molecule has 0 saturated carbocycles. The number of aromatic nitrogens is 5. The lowest BCUT2D eigenvalue weighted by atomic mass is 10.2. The van der Waals surface area contributed by atoms with E-state index < -0.39 is 0 Å². The predicted molar refractivity (Wildman–Crippen MR) is 67.6 cm³/mol. The lowest BCUT2D eigenvalue weighted by Crippen LogP contribution is -1.86. The van der Waals surface area contributed by atoms with Crippen LogP contribution in [0.25, 0.3) is 17.0 Å². The van der Waals surface area contributed by atoms with E-state index in [4.69, 9.17) is 0 Å². The molecule has 0 saturated heterocycles. The zero-order valence-electron chi connectivity index (χ0n) is 9.42. The Balaban J connectivity index is 2.21. The Bertz CT molecular complexity index is 697. The summed E-state index contributed by atoms with van der Waals surface area (Å²) in [5.41, 5.74) is 2.89. The van der Waals surface area contributed by atoms with Gasteiger partial charge in [-0.2, -0.15) is 5.10 Å². The molecule has 17 heavy (non-hydrogen) atoms. The molecule has 3 aromatic rings. The Hall–Kier alpha value is -1.69. The van der Waals surface area contributed by atoms with Crippen LogP contribution in [0, 0.1) is 6.92 Å². The maximum absolute atomic E-state index is 4.48. The van der Waals surface area contributed by atoms with Gasteiger partial charge in [-0.05, 0) is 22.9 Å². The summed E-state index contributed by atoms with van der Waals surface area (Å²) in [4.78, 5) is 8.72. The zero-order chi connectivity index (χ0) is 12.0. The van der Waals surface area contributed by atoms with E-state index in [-0.39, 0.29) is 0 Å². The summed E-state index contributed by atoms with van der Waals surface area (Å²) in [5.74, 6) is 0.687. The molecule has 0 fully saturated rings.